The molecule has 0 saturated carbocycles. The topological polar surface area (TPSA) is 84.5 Å². The van der Waals surface area contributed by atoms with Gasteiger partial charge >= 0.3 is 6.09 Å². The molecule has 0 saturated heterocycles. The Morgan fingerprint density at radius 2 is 1.83 bits per heavy atom. The molecule has 0 bridgehead atoms. The normalized spacial score (nSPS) is 10.9. The SMILES string of the molecule is CCOC(=O)Nc1ccc(S(=O)(=O)Nc2cccc(Cl)c2)cc1. The molecule has 0 spiro atoms. The summed E-state index contributed by atoms with van der Waals surface area (Å²) in [4.78, 5) is 11.4. The van der Waals surface area contributed by atoms with Crippen LogP contribution in [-0.2, 0) is 14.8 Å². The summed E-state index contributed by atoms with van der Waals surface area (Å²) in [5, 5.41) is 2.91. The Balaban J connectivity index is 2.12. The van der Waals surface area contributed by atoms with Gasteiger partial charge in [-0.1, -0.05) is 17.7 Å². The van der Waals surface area contributed by atoms with Gasteiger partial charge in [-0.25, -0.2) is 13.2 Å². The van der Waals surface area contributed by atoms with Gasteiger partial charge in [0.25, 0.3) is 10.0 Å². The van der Waals surface area contributed by atoms with E-state index < -0.39 is 16.1 Å². The van der Waals surface area contributed by atoms with E-state index in [4.69, 9.17) is 16.3 Å². The molecule has 0 atom stereocenters. The van der Waals surface area contributed by atoms with E-state index >= 15 is 0 Å². The molecule has 2 aromatic rings. The van der Waals surface area contributed by atoms with Crippen molar-refractivity contribution in [3.8, 4) is 0 Å². The van der Waals surface area contributed by atoms with Crippen LogP contribution in [0.3, 0.4) is 0 Å². The average Bonchev–Trinajstić information content (AvgIpc) is 2.47. The number of hydrogen-bond acceptors (Lipinski definition) is 4. The number of benzene rings is 2. The molecule has 0 aliphatic rings. The molecule has 0 aliphatic heterocycles. The summed E-state index contributed by atoms with van der Waals surface area (Å²) in [5.41, 5.74) is 0.802. The third-order valence-corrected chi connectivity index (χ3v) is 4.40. The summed E-state index contributed by atoms with van der Waals surface area (Å²) in [5.74, 6) is 0. The lowest BCUT2D eigenvalue weighted by molar-refractivity contribution is 0.168. The van der Waals surface area contributed by atoms with Crippen LogP contribution < -0.4 is 10.0 Å². The highest BCUT2D eigenvalue weighted by molar-refractivity contribution is 7.92. The first kappa shape index (κ1) is 17.1. The van der Waals surface area contributed by atoms with Gasteiger partial charge in [-0.2, -0.15) is 0 Å². The molecule has 2 aromatic carbocycles. The van der Waals surface area contributed by atoms with Crippen LogP contribution in [0.4, 0.5) is 16.2 Å². The fourth-order valence-electron chi connectivity index (χ4n) is 1.77. The van der Waals surface area contributed by atoms with E-state index in [1.165, 1.54) is 30.3 Å². The van der Waals surface area contributed by atoms with Gasteiger partial charge in [0, 0.05) is 10.7 Å². The zero-order valence-corrected chi connectivity index (χ0v) is 13.8. The number of anilines is 2. The van der Waals surface area contributed by atoms with Gasteiger partial charge in [0.1, 0.15) is 0 Å². The predicted molar refractivity (Wildman–Crippen MR) is 89.3 cm³/mol. The maximum atomic E-state index is 12.3. The number of ether oxygens (including phenoxy) is 1. The van der Waals surface area contributed by atoms with Gasteiger partial charge < -0.3 is 4.74 Å². The van der Waals surface area contributed by atoms with E-state index in [-0.39, 0.29) is 11.5 Å². The first-order chi connectivity index (χ1) is 10.9. The zero-order valence-electron chi connectivity index (χ0n) is 12.2. The van der Waals surface area contributed by atoms with Crippen molar-refractivity contribution < 1.29 is 17.9 Å². The fraction of sp³-hybridized carbons (Fsp3) is 0.133. The van der Waals surface area contributed by atoms with E-state index in [0.29, 0.717) is 16.4 Å². The molecule has 0 aliphatic carbocycles. The molecule has 2 N–H and O–H groups in total. The molecule has 0 aromatic heterocycles. The van der Waals surface area contributed by atoms with Gasteiger partial charge in [0.15, 0.2) is 0 Å². The summed E-state index contributed by atoms with van der Waals surface area (Å²) in [6.45, 7) is 1.94. The summed E-state index contributed by atoms with van der Waals surface area (Å²) in [6, 6.07) is 12.1. The summed E-state index contributed by atoms with van der Waals surface area (Å²) in [7, 11) is -3.74. The lowest BCUT2D eigenvalue weighted by Crippen LogP contribution is -2.14. The predicted octanol–water partition coefficient (Wildman–Crippen LogP) is 3.71. The van der Waals surface area contributed by atoms with E-state index in [1.54, 1.807) is 25.1 Å². The molecule has 1 amide bonds. The van der Waals surface area contributed by atoms with Crippen molar-refractivity contribution in [2.75, 3.05) is 16.6 Å². The highest BCUT2D eigenvalue weighted by atomic mass is 35.5. The van der Waals surface area contributed by atoms with Gasteiger partial charge in [-0.3, -0.25) is 10.0 Å². The van der Waals surface area contributed by atoms with Crippen molar-refractivity contribution >= 4 is 39.1 Å². The van der Waals surface area contributed by atoms with Gasteiger partial charge in [-0.15, -0.1) is 0 Å². The monoisotopic (exact) mass is 354 g/mol. The standard InChI is InChI=1S/C15H15ClN2O4S/c1-2-22-15(19)17-12-6-8-14(9-7-12)23(20,21)18-13-5-3-4-11(16)10-13/h3-10,18H,2H2,1H3,(H,17,19). The minimum Gasteiger partial charge on any atom is -0.450 e. The minimum atomic E-state index is -3.74. The molecule has 23 heavy (non-hydrogen) atoms. The number of hydrogen-bond donors (Lipinski definition) is 2. The van der Waals surface area contributed by atoms with E-state index in [1.807, 2.05) is 0 Å². The van der Waals surface area contributed by atoms with Crippen LogP contribution in [0, 0.1) is 0 Å². The van der Waals surface area contributed by atoms with Crippen LogP contribution in [0.15, 0.2) is 53.4 Å². The number of amides is 1. The number of sulfonamides is 1. The molecule has 6 nitrogen and oxygen atoms in total. The lowest BCUT2D eigenvalue weighted by Gasteiger charge is -2.09. The molecule has 122 valence electrons. The summed E-state index contributed by atoms with van der Waals surface area (Å²) >= 11 is 5.83. The maximum absolute atomic E-state index is 12.3. The smallest absolute Gasteiger partial charge is 0.411 e. The van der Waals surface area contributed by atoms with Crippen LogP contribution in [0.2, 0.25) is 5.02 Å². The Kier molecular flexibility index (Phi) is 5.46. The maximum Gasteiger partial charge on any atom is 0.411 e. The molecule has 2 rings (SSSR count). The van der Waals surface area contributed by atoms with E-state index in [2.05, 4.69) is 10.0 Å². The highest BCUT2D eigenvalue weighted by Gasteiger charge is 2.14. The number of halogens is 1. The van der Waals surface area contributed by atoms with Crippen molar-refractivity contribution in [3.63, 3.8) is 0 Å². The first-order valence-corrected chi connectivity index (χ1v) is 8.59. The van der Waals surface area contributed by atoms with Crippen molar-refractivity contribution in [1.82, 2.24) is 0 Å². The van der Waals surface area contributed by atoms with Crippen molar-refractivity contribution in [2.45, 2.75) is 11.8 Å². The second kappa shape index (κ2) is 7.34. The lowest BCUT2D eigenvalue weighted by atomic mass is 10.3. The number of rotatable bonds is 5. The molecular weight excluding hydrogens is 340 g/mol. The average molecular weight is 355 g/mol. The molecule has 8 heteroatoms. The minimum absolute atomic E-state index is 0.0619. The van der Waals surface area contributed by atoms with Gasteiger partial charge in [0.2, 0.25) is 0 Å². The second-order valence-electron chi connectivity index (χ2n) is 4.49. The highest BCUT2D eigenvalue weighted by Crippen LogP contribution is 2.20. The van der Waals surface area contributed by atoms with Crippen molar-refractivity contribution in [3.05, 3.63) is 53.6 Å². The fourth-order valence-corrected chi connectivity index (χ4v) is 3.01. The Hall–Kier alpha value is -2.25. The Morgan fingerprint density at radius 1 is 1.13 bits per heavy atom. The number of carbonyl (C=O) groups excluding carboxylic acids is 1. The van der Waals surface area contributed by atoms with Crippen molar-refractivity contribution in [2.24, 2.45) is 0 Å². The van der Waals surface area contributed by atoms with Crippen LogP contribution in [0.1, 0.15) is 6.92 Å². The van der Waals surface area contributed by atoms with Gasteiger partial charge in [-0.05, 0) is 49.4 Å². The molecule has 0 radical (unpaired) electrons. The Bertz CT molecular complexity index is 791. The summed E-state index contributed by atoms with van der Waals surface area (Å²) in [6.07, 6.45) is -0.597. The third kappa shape index (κ3) is 4.87. The Morgan fingerprint density at radius 3 is 2.43 bits per heavy atom. The van der Waals surface area contributed by atoms with Crippen LogP contribution in [0.5, 0.6) is 0 Å². The van der Waals surface area contributed by atoms with Crippen LogP contribution in [-0.4, -0.2) is 21.1 Å². The quantitative estimate of drug-likeness (QED) is 0.857. The largest absolute Gasteiger partial charge is 0.450 e. The first-order valence-electron chi connectivity index (χ1n) is 6.73. The van der Waals surface area contributed by atoms with Crippen LogP contribution in [0.25, 0.3) is 0 Å². The molecule has 0 heterocycles. The number of carbonyl (C=O) groups is 1. The van der Waals surface area contributed by atoms with E-state index in [0.717, 1.165) is 0 Å². The van der Waals surface area contributed by atoms with Gasteiger partial charge in [0.05, 0.1) is 17.2 Å². The van der Waals surface area contributed by atoms with Crippen LogP contribution >= 0.6 is 11.6 Å². The molecule has 0 unspecified atom stereocenters. The third-order valence-electron chi connectivity index (χ3n) is 2.76. The molecule has 0 fully saturated rings. The zero-order chi connectivity index (χ0) is 16.9. The van der Waals surface area contributed by atoms with E-state index in [9.17, 15) is 13.2 Å². The van der Waals surface area contributed by atoms with Crippen molar-refractivity contribution in [1.29, 1.82) is 0 Å². The summed E-state index contributed by atoms with van der Waals surface area (Å²) < 4.78 is 31.7. The second-order valence-corrected chi connectivity index (χ2v) is 6.60. The molecular formula is C15H15ClN2O4S. The number of nitrogens with one attached hydrogen (secondary N) is 2. The Labute approximate surface area is 139 Å².